The molecule has 2 aromatic rings. The van der Waals surface area contributed by atoms with E-state index in [0.717, 1.165) is 17.7 Å². The van der Waals surface area contributed by atoms with Crippen molar-refractivity contribution < 1.29 is 8.42 Å². The molecule has 27 heavy (non-hydrogen) atoms. The minimum Gasteiger partial charge on any atom is -0.357 e. The third kappa shape index (κ3) is 7.03. The molecule has 0 spiro atoms. The molecule has 0 aliphatic heterocycles. The van der Waals surface area contributed by atoms with Gasteiger partial charge in [0, 0.05) is 19.6 Å². The van der Waals surface area contributed by atoms with Gasteiger partial charge in [-0.25, -0.2) is 18.1 Å². The van der Waals surface area contributed by atoms with E-state index in [9.17, 15) is 8.42 Å². The van der Waals surface area contributed by atoms with E-state index in [1.165, 1.54) is 5.56 Å². The van der Waals surface area contributed by atoms with Crippen LogP contribution < -0.4 is 15.4 Å². The summed E-state index contributed by atoms with van der Waals surface area (Å²) in [4.78, 5) is 4.82. The Hall–Kier alpha value is -2.38. The van der Waals surface area contributed by atoms with Gasteiger partial charge >= 0.3 is 0 Å². The van der Waals surface area contributed by atoms with Crippen LogP contribution in [-0.4, -0.2) is 34.0 Å². The molecule has 3 N–H and O–H groups in total. The van der Waals surface area contributed by atoms with Crippen molar-refractivity contribution in [3.05, 3.63) is 65.2 Å². The number of sulfonamides is 1. The highest BCUT2D eigenvalue weighted by atomic mass is 32.2. The Morgan fingerprint density at radius 3 is 2.37 bits per heavy atom. The second kappa shape index (κ2) is 10.1. The van der Waals surface area contributed by atoms with Crippen LogP contribution in [0.2, 0.25) is 0 Å². The van der Waals surface area contributed by atoms with Crippen LogP contribution in [0.25, 0.3) is 0 Å². The van der Waals surface area contributed by atoms with E-state index in [1.54, 1.807) is 24.3 Å². The summed E-state index contributed by atoms with van der Waals surface area (Å²) in [6, 6.07) is 15.0. The zero-order valence-corrected chi connectivity index (χ0v) is 16.9. The second-order valence-electron chi connectivity index (χ2n) is 6.32. The van der Waals surface area contributed by atoms with Crippen LogP contribution in [0.5, 0.6) is 0 Å². The summed E-state index contributed by atoms with van der Waals surface area (Å²) in [6.45, 7) is 7.96. The largest absolute Gasteiger partial charge is 0.357 e. The standard InChI is InChI=1S/C20H28N4O2S/c1-4-21-20(23-15-18-7-5-6-17(3)14-18)22-12-13-24-27(25,26)19-10-8-16(2)9-11-19/h5-11,14,24H,4,12-13,15H2,1-3H3,(H2,21,22,23). The number of guanidine groups is 1. The second-order valence-corrected chi connectivity index (χ2v) is 8.09. The lowest BCUT2D eigenvalue weighted by atomic mass is 10.1. The van der Waals surface area contributed by atoms with Crippen molar-refractivity contribution in [1.29, 1.82) is 0 Å². The van der Waals surface area contributed by atoms with Gasteiger partial charge in [0.25, 0.3) is 0 Å². The molecule has 0 saturated carbocycles. The van der Waals surface area contributed by atoms with Gasteiger partial charge in [-0.05, 0) is 38.5 Å². The molecule has 6 nitrogen and oxygen atoms in total. The van der Waals surface area contributed by atoms with Crippen LogP contribution in [0.1, 0.15) is 23.6 Å². The van der Waals surface area contributed by atoms with Crippen molar-refractivity contribution in [3.63, 3.8) is 0 Å². The summed E-state index contributed by atoms with van der Waals surface area (Å²) < 4.78 is 27.1. The van der Waals surface area contributed by atoms with Gasteiger partial charge in [0.15, 0.2) is 5.96 Å². The van der Waals surface area contributed by atoms with Crippen LogP contribution in [0.4, 0.5) is 0 Å². The van der Waals surface area contributed by atoms with Crippen LogP contribution in [0.15, 0.2) is 58.4 Å². The number of aliphatic imine (C=N–C) groups is 1. The Morgan fingerprint density at radius 2 is 1.70 bits per heavy atom. The quantitative estimate of drug-likeness (QED) is 0.368. The lowest BCUT2D eigenvalue weighted by molar-refractivity contribution is 0.580. The van der Waals surface area contributed by atoms with Gasteiger partial charge in [0.05, 0.1) is 11.4 Å². The maximum absolute atomic E-state index is 12.3. The molecule has 0 fully saturated rings. The predicted octanol–water partition coefficient (Wildman–Crippen LogP) is 2.34. The molecule has 146 valence electrons. The Bertz CT molecular complexity index is 862. The summed E-state index contributed by atoms with van der Waals surface area (Å²) >= 11 is 0. The highest BCUT2D eigenvalue weighted by Crippen LogP contribution is 2.09. The Labute approximate surface area is 162 Å². The van der Waals surface area contributed by atoms with E-state index in [0.29, 0.717) is 19.0 Å². The maximum Gasteiger partial charge on any atom is 0.240 e. The topological polar surface area (TPSA) is 82.6 Å². The van der Waals surface area contributed by atoms with Gasteiger partial charge in [-0.3, -0.25) is 0 Å². The molecule has 0 heterocycles. The highest BCUT2D eigenvalue weighted by molar-refractivity contribution is 7.89. The summed E-state index contributed by atoms with van der Waals surface area (Å²) in [7, 11) is -3.50. The number of nitrogens with zero attached hydrogens (tertiary/aromatic N) is 1. The summed E-state index contributed by atoms with van der Waals surface area (Å²) in [6.07, 6.45) is 0. The maximum atomic E-state index is 12.3. The third-order valence-corrected chi connectivity index (χ3v) is 5.36. The number of hydrogen-bond acceptors (Lipinski definition) is 3. The van der Waals surface area contributed by atoms with Crippen molar-refractivity contribution in [1.82, 2.24) is 15.4 Å². The first-order valence-electron chi connectivity index (χ1n) is 9.05. The van der Waals surface area contributed by atoms with Gasteiger partial charge in [0.2, 0.25) is 10.0 Å². The normalized spacial score (nSPS) is 12.0. The molecule has 0 atom stereocenters. The van der Waals surface area contributed by atoms with Gasteiger partial charge in [0.1, 0.15) is 0 Å². The van der Waals surface area contributed by atoms with E-state index in [4.69, 9.17) is 0 Å². The van der Waals surface area contributed by atoms with E-state index in [1.807, 2.05) is 26.0 Å². The molecule has 0 aliphatic rings. The molecular weight excluding hydrogens is 360 g/mol. The number of hydrogen-bond donors (Lipinski definition) is 3. The SMILES string of the molecule is CCNC(=NCc1cccc(C)c1)NCCNS(=O)(=O)c1ccc(C)cc1. The zero-order valence-electron chi connectivity index (χ0n) is 16.1. The van der Waals surface area contributed by atoms with Crippen LogP contribution in [0, 0.1) is 13.8 Å². The fraction of sp³-hybridized carbons (Fsp3) is 0.350. The number of rotatable bonds is 8. The van der Waals surface area contributed by atoms with Crippen molar-refractivity contribution in [2.75, 3.05) is 19.6 Å². The van der Waals surface area contributed by atoms with Gasteiger partial charge in [-0.1, -0.05) is 47.5 Å². The molecule has 0 aliphatic carbocycles. The number of aryl methyl sites for hydroxylation is 2. The van der Waals surface area contributed by atoms with Crippen molar-refractivity contribution in [3.8, 4) is 0 Å². The third-order valence-electron chi connectivity index (χ3n) is 3.89. The van der Waals surface area contributed by atoms with Crippen molar-refractivity contribution in [2.24, 2.45) is 4.99 Å². The van der Waals surface area contributed by atoms with Crippen molar-refractivity contribution in [2.45, 2.75) is 32.2 Å². The average Bonchev–Trinajstić information content (AvgIpc) is 2.63. The first-order chi connectivity index (χ1) is 12.9. The number of benzene rings is 2. The van der Waals surface area contributed by atoms with E-state index >= 15 is 0 Å². The first-order valence-corrected chi connectivity index (χ1v) is 10.5. The molecular formula is C20H28N4O2S. The Balaban J connectivity index is 1.86. The first kappa shape index (κ1) is 20.9. The Morgan fingerprint density at radius 1 is 0.963 bits per heavy atom. The van der Waals surface area contributed by atoms with Crippen molar-refractivity contribution >= 4 is 16.0 Å². The minimum atomic E-state index is -3.50. The fourth-order valence-corrected chi connectivity index (χ4v) is 3.52. The molecule has 0 unspecified atom stereocenters. The molecule has 0 radical (unpaired) electrons. The summed E-state index contributed by atoms with van der Waals surface area (Å²) in [5.41, 5.74) is 3.36. The summed E-state index contributed by atoms with van der Waals surface area (Å²) in [5.74, 6) is 0.661. The van der Waals surface area contributed by atoms with Crippen LogP contribution >= 0.6 is 0 Å². The lowest BCUT2D eigenvalue weighted by Gasteiger charge is -2.12. The van der Waals surface area contributed by atoms with Gasteiger partial charge < -0.3 is 10.6 Å². The van der Waals surface area contributed by atoms with Crippen LogP contribution in [0.3, 0.4) is 0 Å². The molecule has 0 aromatic heterocycles. The summed E-state index contributed by atoms with van der Waals surface area (Å²) in [5, 5.41) is 6.32. The number of nitrogens with one attached hydrogen (secondary N) is 3. The average molecular weight is 389 g/mol. The smallest absolute Gasteiger partial charge is 0.240 e. The van der Waals surface area contributed by atoms with E-state index < -0.39 is 10.0 Å². The predicted molar refractivity (Wildman–Crippen MR) is 110 cm³/mol. The minimum absolute atomic E-state index is 0.269. The van der Waals surface area contributed by atoms with Crippen LogP contribution in [-0.2, 0) is 16.6 Å². The monoisotopic (exact) mass is 388 g/mol. The highest BCUT2D eigenvalue weighted by Gasteiger charge is 2.12. The fourth-order valence-electron chi connectivity index (χ4n) is 2.49. The molecule has 2 rings (SSSR count). The molecule has 0 saturated heterocycles. The zero-order chi connectivity index (χ0) is 19.7. The lowest BCUT2D eigenvalue weighted by Crippen LogP contribution is -2.41. The van der Waals surface area contributed by atoms with E-state index in [2.05, 4.69) is 39.4 Å². The molecule has 0 bridgehead atoms. The molecule has 0 amide bonds. The van der Waals surface area contributed by atoms with Gasteiger partial charge in [-0.2, -0.15) is 0 Å². The Kier molecular flexibility index (Phi) is 7.82. The molecule has 7 heteroatoms. The van der Waals surface area contributed by atoms with E-state index in [-0.39, 0.29) is 11.4 Å². The van der Waals surface area contributed by atoms with Gasteiger partial charge in [-0.15, -0.1) is 0 Å². The molecule has 2 aromatic carbocycles.